The molecule has 0 saturated carbocycles. The Morgan fingerprint density at radius 2 is 0.776 bits per heavy atom. The predicted octanol–water partition coefficient (Wildman–Crippen LogP) is 11.2. The van der Waals surface area contributed by atoms with Crippen molar-refractivity contribution in [1.29, 1.82) is 10.5 Å². The van der Waals surface area contributed by atoms with E-state index in [4.69, 9.17) is 20.0 Å². The van der Waals surface area contributed by atoms with Gasteiger partial charge in [0.05, 0.1) is 37.7 Å². The van der Waals surface area contributed by atoms with Gasteiger partial charge in [-0.15, -0.1) is 0 Å². The summed E-state index contributed by atoms with van der Waals surface area (Å²) in [7, 11) is 3.27. The number of hydrogen-bond acceptors (Lipinski definition) is 8. The van der Waals surface area contributed by atoms with E-state index in [0.29, 0.717) is 11.1 Å². The van der Waals surface area contributed by atoms with Gasteiger partial charge < -0.3 is 25.2 Å². The third kappa shape index (κ3) is 17.6. The van der Waals surface area contributed by atoms with Gasteiger partial charge >= 0.3 is 18.6 Å². The Morgan fingerprint density at radius 3 is 0.983 bits per heavy atom. The smallest absolute Gasteiger partial charge is 2.00 e. The number of ether oxygens (including phenoxy) is 2. The second-order valence-corrected chi connectivity index (χ2v) is 17.2. The third-order valence-corrected chi connectivity index (χ3v) is 8.43. The van der Waals surface area contributed by atoms with E-state index < -0.39 is 0 Å². The van der Waals surface area contributed by atoms with Crippen molar-refractivity contribution in [2.24, 2.45) is 9.98 Å². The molecule has 0 aliphatic carbocycles. The van der Waals surface area contributed by atoms with Crippen molar-refractivity contribution in [3.8, 4) is 35.1 Å². The maximum Gasteiger partial charge on any atom is 4.00 e. The summed E-state index contributed by atoms with van der Waals surface area (Å²) >= 11 is 0. The molecule has 0 heterocycles. The molecule has 0 spiro atoms. The summed E-state index contributed by atoms with van der Waals surface area (Å²) in [6, 6.07) is 26.4. The van der Waals surface area contributed by atoms with Gasteiger partial charge in [-0.3, -0.25) is 9.98 Å². The second kappa shape index (κ2) is 24.0. The van der Waals surface area contributed by atoms with Gasteiger partial charge in [0.25, 0.3) is 0 Å². The van der Waals surface area contributed by atoms with Gasteiger partial charge in [0.1, 0.15) is 11.5 Å². The zero-order chi connectivity index (χ0) is 43.1. The molecular weight excluding hydrogens is 763 g/mol. The number of hydrogen-bond donors (Lipinski definition) is 0. The van der Waals surface area contributed by atoms with E-state index in [1.165, 1.54) is 13.8 Å². The van der Waals surface area contributed by atoms with Crippen LogP contribution in [0.4, 0.5) is 11.4 Å². The first-order chi connectivity index (χ1) is 25.9. The van der Waals surface area contributed by atoms with Crippen LogP contribution in [-0.4, -0.2) is 26.6 Å². The average molecular weight is 826 g/mol. The fraction of sp³-hybridized carbons (Fsp3) is 0.417. The van der Waals surface area contributed by atoms with Crippen LogP contribution in [0.1, 0.15) is 130 Å². The first-order valence-corrected chi connectivity index (χ1v) is 18.6. The molecule has 0 N–H and O–H groups in total. The average Bonchev–Trinajstić information content (AvgIpc) is 3.10. The van der Waals surface area contributed by atoms with E-state index in [-0.39, 0.29) is 57.2 Å². The van der Waals surface area contributed by atoms with Crippen molar-refractivity contribution in [3.05, 3.63) is 106 Å². The normalized spacial score (nSPS) is 11.1. The molecule has 0 unspecified atom stereocenters. The summed E-state index contributed by atoms with van der Waals surface area (Å²) in [4.78, 5) is 8.96. The molecule has 309 valence electrons. The Morgan fingerprint density at radius 1 is 0.517 bits per heavy atom. The van der Waals surface area contributed by atoms with Crippen molar-refractivity contribution in [2.45, 2.75) is 119 Å². The van der Waals surface area contributed by atoms with Gasteiger partial charge in [-0.1, -0.05) is 119 Å². The van der Waals surface area contributed by atoms with E-state index in [1.54, 1.807) is 38.8 Å². The maximum atomic E-state index is 12.9. The maximum absolute atomic E-state index is 12.9. The van der Waals surface area contributed by atoms with E-state index in [0.717, 1.165) is 45.1 Å². The molecule has 4 aromatic rings. The Bertz CT molecular complexity index is 1850. The Kier molecular flexibility index (Phi) is 22.8. The summed E-state index contributed by atoms with van der Waals surface area (Å²) < 4.78 is 10.3. The van der Waals surface area contributed by atoms with Crippen LogP contribution in [0.5, 0.6) is 23.0 Å². The van der Waals surface area contributed by atoms with Gasteiger partial charge in [0, 0.05) is 26.3 Å². The van der Waals surface area contributed by atoms with Gasteiger partial charge in [0.2, 0.25) is 0 Å². The molecule has 0 fully saturated rings. The molecular formula is C48H62N4O5V. The summed E-state index contributed by atoms with van der Waals surface area (Å²) in [6.07, 6.45) is 3.35. The molecule has 0 atom stereocenters. The first-order valence-electron chi connectivity index (χ1n) is 18.6. The quantitative estimate of drug-likeness (QED) is 0.175. The molecule has 1 radical (unpaired) electrons. The summed E-state index contributed by atoms with van der Waals surface area (Å²) in [5.41, 5.74) is 6.32. The molecule has 58 heavy (non-hydrogen) atoms. The fourth-order valence-electron chi connectivity index (χ4n) is 5.10. The van der Waals surface area contributed by atoms with Crippen molar-refractivity contribution in [3.63, 3.8) is 0 Å². The van der Waals surface area contributed by atoms with Crippen LogP contribution in [0, 0.1) is 22.7 Å². The monoisotopic (exact) mass is 825 g/mol. The number of methoxy groups -OCH3 is 2. The third-order valence-electron chi connectivity index (χ3n) is 8.43. The number of benzene rings is 4. The largest absolute Gasteiger partial charge is 4.00 e. The van der Waals surface area contributed by atoms with Crippen LogP contribution >= 0.6 is 0 Å². The number of nitriles is 2. The van der Waals surface area contributed by atoms with Crippen LogP contribution in [0.2, 0.25) is 0 Å². The van der Waals surface area contributed by atoms with Crippen molar-refractivity contribution >= 4 is 23.8 Å². The van der Waals surface area contributed by atoms with Crippen molar-refractivity contribution < 1.29 is 43.7 Å². The molecule has 0 aromatic heterocycles. The number of nitrogens with zero attached hydrogens (tertiary/aromatic N) is 4. The van der Waals surface area contributed by atoms with Gasteiger partial charge in [0.15, 0.2) is 0 Å². The summed E-state index contributed by atoms with van der Waals surface area (Å²) in [6.45, 7) is 28.2. The van der Waals surface area contributed by atoms with Crippen molar-refractivity contribution in [2.75, 3.05) is 14.2 Å². The molecule has 0 amide bonds. The minimum absolute atomic E-state index is 0. The minimum atomic E-state index is -0.207. The zero-order valence-corrected chi connectivity index (χ0v) is 38.8. The van der Waals surface area contributed by atoms with Crippen LogP contribution < -0.4 is 19.7 Å². The summed E-state index contributed by atoms with van der Waals surface area (Å²) in [5, 5.41) is 40.4. The van der Waals surface area contributed by atoms with Crippen LogP contribution in [0.3, 0.4) is 0 Å². The molecule has 0 aliphatic heterocycles. The standard InChI is InChI=1S/2C22H29NO2.2C2H3N.O.V/c2*1-21(2,3)16-12-15(20(24)19(13-16)22(4,5)6)14-23-17-8-10-18(25-7)11-9-17;2*1-2-3;;/h2*8-14,24H,1-7H3;2*1H3;;/q;;;;-2;+4/p-2. The first kappa shape index (κ1) is 55.0. The molecule has 4 aromatic carbocycles. The van der Waals surface area contributed by atoms with E-state index in [9.17, 15) is 10.2 Å². The Hall–Kier alpha value is -5.06. The number of rotatable bonds is 6. The van der Waals surface area contributed by atoms with Crippen molar-refractivity contribution in [1.82, 2.24) is 0 Å². The van der Waals surface area contributed by atoms with E-state index in [2.05, 4.69) is 93.1 Å². The molecule has 4 rings (SSSR count). The molecule has 0 bridgehead atoms. The molecule has 10 heteroatoms. The second-order valence-electron chi connectivity index (χ2n) is 17.2. The van der Waals surface area contributed by atoms with Crippen LogP contribution in [-0.2, 0) is 45.7 Å². The minimum Gasteiger partial charge on any atom is -2.00 e. The fourth-order valence-corrected chi connectivity index (χ4v) is 5.10. The Balaban J connectivity index is 0. The van der Waals surface area contributed by atoms with Gasteiger partial charge in [-0.25, -0.2) is 0 Å². The zero-order valence-electron chi connectivity index (χ0n) is 37.4. The van der Waals surface area contributed by atoms with Crippen LogP contribution in [0.15, 0.2) is 82.8 Å². The van der Waals surface area contributed by atoms with Crippen LogP contribution in [0.25, 0.3) is 0 Å². The molecule has 9 nitrogen and oxygen atoms in total. The Labute approximate surface area is 360 Å². The molecule has 0 aliphatic rings. The van der Waals surface area contributed by atoms with E-state index >= 15 is 0 Å². The van der Waals surface area contributed by atoms with Gasteiger partial charge in [-0.05, 0) is 104 Å². The topological polar surface area (TPSA) is 165 Å². The summed E-state index contributed by atoms with van der Waals surface area (Å²) in [5.74, 6) is 1.68. The van der Waals surface area contributed by atoms with Gasteiger partial charge in [-0.2, -0.15) is 10.5 Å². The van der Waals surface area contributed by atoms with E-state index in [1.807, 2.05) is 72.8 Å². The molecule has 0 saturated heterocycles. The number of aliphatic imine (C=N–C) groups is 2. The predicted molar refractivity (Wildman–Crippen MR) is 230 cm³/mol. The SMILES string of the molecule is CC#N.CC#N.COc1ccc(N=Cc2cc(C(C)(C)C)cc(C(C)(C)C)c2[O-])cc1.COc1ccc(N=Cc2cc(C(C)(C)C)cc(C(C)(C)C)c2[O-])cc1.[O-2].[V+4].